The van der Waals surface area contributed by atoms with Crippen LogP contribution in [0.3, 0.4) is 0 Å². The van der Waals surface area contributed by atoms with Gasteiger partial charge in [-0.25, -0.2) is 15.0 Å². The minimum atomic E-state index is 0.557. The van der Waals surface area contributed by atoms with Gasteiger partial charge >= 0.3 is 0 Å². The van der Waals surface area contributed by atoms with Gasteiger partial charge < -0.3 is 8.83 Å². The molecule has 0 fully saturated rings. The standard InChI is InChI=1S/C49H29N3O2/c1-2-10-30(11-3-1)37-27-41(46-40-15-7-9-17-43(40)54-45(46)29-37)49-51-47(33-21-18-32(19-22-33)35-23-20-31-12-4-5-13-34(31)26-35)50-48(52-49)36-24-25-39-38-14-6-8-16-42(38)53-44(39)28-36/h1-29H. The molecule has 3 heterocycles. The minimum Gasteiger partial charge on any atom is -0.456 e. The molecule has 5 heteroatoms. The van der Waals surface area contributed by atoms with Crippen LogP contribution in [-0.4, -0.2) is 15.0 Å². The lowest BCUT2D eigenvalue weighted by Gasteiger charge is -2.11. The molecule has 0 bridgehead atoms. The van der Waals surface area contributed by atoms with Crippen LogP contribution in [0.5, 0.6) is 0 Å². The number of aromatic nitrogens is 3. The van der Waals surface area contributed by atoms with E-state index in [0.717, 1.165) is 82.8 Å². The van der Waals surface area contributed by atoms with E-state index in [0.29, 0.717) is 17.5 Å². The number of hydrogen-bond acceptors (Lipinski definition) is 5. The summed E-state index contributed by atoms with van der Waals surface area (Å²) in [6, 6.07) is 60.5. The highest BCUT2D eigenvalue weighted by molar-refractivity contribution is 6.13. The van der Waals surface area contributed by atoms with Crippen LogP contribution in [0.1, 0.15) is 0 Å². The number of benzene rings is 8. The van der Waals surface area contributed by atoms with Crippen molar-refractivity contribution in [3.63, 3.8) is 0 Å². The van der Waals surface area contributed by atoms with Gasteiger partial charge in [-0.05, 0) is 75.5 Å². The lowest BCUT2D eigenvalue weighted by atomic mass is 9.98. The van der Waals surface area contributed by atoms with Gasteiger partial charge in [0.05, 0.1) is 0 Å². The van der Waals surface area contributed by atoms with Crippen molar-refractivity contribution >= 4 is 54.6 Å². The van der Waals surface area contributed by atoms with E-state index < -0.39 is 0 Å². The number of para-hydroxylation sites is 2. The molecule has 54 heavy (non-hydrogen) atoms. The molecule has 11 aromatic rings. The van der Waals surface area contributed by atoms with Gasteiger partial charge in [0, 0.05) is 38.2 Å². The number of furan rings is 2. The first-order valence-corrected chi connectivity index (χ1v) is 18.0. The Balaban J connectivity index is 1.12. The van der Waals surface area contributed by atoms with Crippen molar-refractivity contribution in [1.82, 2.24) is 15.0 Å². The average molecular weight is 692 g/mol. The van der Waals surface area contributed by atoms with Crippen LogP contribution in [0.15, 0.2) is 185 Å². The van der Waals surface area contributed by atoms with Gasteiger partial charge in [-0.15, -0.1) is 0 Å². The molecule has 0 unspecified atom stereocenters. The van der Waals surface area contributed by atoms with Gasteiger partial charge in [0.2, 0.25) is 0 Å². The molecule has 0 saturated heterocycles. The monoisotopic (exact) mass is 691 g/mol. The van der Waals surface area contributed by atoms with Gasteiger partial charge in [-0.3, -0.25) is 0 Å². The topological polar surface area (TPSA) is 65.0 Å². The highest BCUT2D eigenvalue weighted by atomic mass is 16.3. The summed E-state index contributed by atoms with van der Waals surface area (Å²) in [7, 11) is 0. The Labute approximate surface area is 309 Å². The molecule has 0 aliphatic carbocycles. The fraction of sp³-hybridized carbons (Fsp3) is 0. The van der Waals surface area contributed by atoms with Crippen molar-refractivity contribution in [2.24, 2.45) is 0 Å². The smallest absolute Gasteiger partial charge is 0.164 e. The fourth-order valence-corrected chi connectivity index (χ4v) is 7.63. The van der Waals surface area contributed by atoms with Crippen molar-refractivity contribution in [1.29, 1.82) is 0 Å². The quantitative estimate of drug-likeness (QED) is 0.180. The van der Waals surface area contributed by atoms with Crippen LogP contribution in [-0.2, 0) is 0 Å². The van der Waals surface area contributed by atoms with Gasteiger partial charge in [0.15, 0.2) is 17.5 Å². The van der Waals surface area contributed by atoms with Crippen LogP contribution in [0, 0.1) is 0 Å². The Hall–Kier alpha value is -7.37. The summed E-state index contributed by atoms with van der Waals surface area (Å²) in [5, 5.41) is 6.54. The molecule has 0 spiro atoms. The Kier molecular flexibility index (Phi) is 6.79. The molecular formula is C49H29N3O2. The van der Waals surface area contributed by atoms with E-state index in [1.165, 1.54) is 10.8 Å². The zero-order chi connectivity index (χ0) is 35.6. The number of hydrogen-bond donors (Lipinski definition) is 0. The predicted molar refractivity (Wildman–Crippen MR) is 219 cm³/mol. The van der Waals surface area contributed by atoms with Gasteiger partial charge in [-0.1, -0.05) is 133 Å². The van der Waals surface area contributed by atoms with Crippen LogP contribution in [0.2, 0.25) is 0 Å². The fourth-order valence-electron chi connectivity index (χ4n) is 7.63. The van der Waals surface area contributed by atoms with Crippen molar-refractivity contribution in [2.75, 3.05) is 0 Å². The maximum absolute atomic E-state index is 6.48. The highest BCUT2D eigenvalue weighted by Crippen LogP contribution is 2.40. The summed E-state index contributed by atoms with van der Waals surface area (Å²) >= 11 is 0. The van der Waals surface area contributed by atoms with E-state index in [2.05, 4.69) is 115 Å². The van der Waals surface area contributed by atoms with E-state index in [4.69, 9.17) is 23.8 Å². The zero-order valence-corrected chi connectivity index (χ0v) is 28.9. The summed E-state index contributed by atoms with van der Waals surface area (Å²) in [6.45, 7) is 0. The predicted octanol–water partition coefficient (Wildman–Crippen LogP) is 13.2. The van der Waals surface area contributed by atoms with Crippen molar-refractivity contribution in [2.45, 2.75) is 0 Å². The van der Waals surface area contributed by atoms with E-state index in [1.54, 1.807) is 0 Å². The first-order valence-electron chi connectivity index (χ1n) is 18.0. The van der Waals surface area contributed by atoms with E-state index in [1.807, 2.05) is 60.7 Å². The Morgan fingerprint density at radius 3 is 1.69 bits per heavy atom. The number of rotatable bonds is 5. The molecule has 0 radical (unpaired) electrons. The van der Waals surface area contributed by atoms with Gasteiger partial charge in [0.25, 0.3) is 0 Å². The van der Waals surface area contributed by atoms with Gasteiger partial charge in [-0.2, -0.15) is 0 Å². The second-order valence-electron chi connectivity index (χ2n) is 13.6. The Morgan fingerprint density at radius 2 is 0.852 bits per heavy atom. The van der Waals surface area contributed by atoms with Crippen LogP contribution in [0.4, 0.5) is 0 Å². The minimum absolute atomic E-state index is 0.557. The summed E-state index contributed by atoms with van der Waals surface area (Å²) < 4.78 is 12.8. The first-order chi connectivity index (χ1) is 26.7. The average Bonchev–Trinajstić information content (AvgIpc) is 3.81. The Morgan fingerprint density at radius 1 is 0.296 bits per heavy atom. The van der Waals surface area contributed by atoms with Gasteiger partial charge in [0.1, 0.15) is 22.3 Å². The number of nitrogens with zero attached hydrogens (tertiary/aromatic N) is 3. The molecule has 252 valence electrons. The molecule has 0 saturated carbocycles. The summed E-state index contributed by atoms with van der Waals surface area (Å²) in [5.74, 6) is 1.70. The molecule has 0 amide bonds. The van der Waals surface area contributed by atoms with Crippen LogP contribution < -0.4 is 0 Å². The third-order valence-electron chi connectivity index (χ3n) is 10.3. The second-order valence-corrected chi connectivity index (χ2v) is 13.6. The summed E-state index contributed by atoms with van der Waals surface area (Å²) in [5.41, 5.74) is 10.2. The third-order valence-corrected chi connectivity index (χ3v) is 10.3. The molecule has 3 aromatic heterocycles. The van der Waals surface area contributed by atoms with Crippen LogP contribution in [0.25, 0.3) is 111 Å². The molecule has 0 aliphatic rings. The largest absolute Gasteiger partial charge is 0.456 e. The zero-order valence-electron chi connectivity index (χ0n) is 28.9. The molecular weight excluding hydrogens is 663 g/mol. The first kappa shape index (κ1) is 30.3. The molecule has 0 N–H and O–H groups in total. The molecule has 11 rings (SSSR count). The Bertz CT molecular complexity index is 3210. The normalized spacial score (nSPS) is 11.7. The molecule has 5 nitrogen and oxygen atoms in total. The van der Waals surface area contributed by atoms with Crippen molar-refractivity contribution in [3.05, 3.63) is 176 Å². The van der Waals surface area contributed by atoms with Crippen molar-refractivity contribution < 1.29 is 8.83 Å². The third kappa shape index (κ3) is 5.06. The second kappa shape index (κ2) is 12.1. The van der Waals surface area contributed by atoms with E-state index in [-0.39, 0.29) is 0 Å². The maximum atomic E-state index is 6.48. The molecule has 0 aliphatic heterocycles. The SMILES string of the molecule is c1ccc(-c2cc(-c3nc(-c4ccc(-c5ccc6ccccc6c5)cc4)nc(-c4ccc5c(c4)oc4ccccc45)n3)c3c(c2)oc2ccccc23)cc1. The van der Waals surface area contributed by atoms with E-state index in [9.17, 15) is 0 Å². The van der Waals surface area contributed by atoms with Crippen LogP contribution >= 0.6 is 0 Å². The number of fused-ring (bicyclic) bond motifs is 7. The van der Waals surface area contributed by atoms with E-state index >= 15 is 0 Å². The van der Waals surface area contributed by atoms with Crippen molar-refractivity contribution in [3.8, 4) is 56.4 Å². The summed E-state index contributed by atoms with van der Waals surface area (Å²) in [6.07, 6.45) is 0. The molecule has 0 atom stereocenters. The lowest BCUT2D eigenvalue weighted by molar-refractivity contribution is 0.668. The summed E-state index contributed by atoms with van der Waals surface area (Å²) in [4.78, 5) is 15.6. The maximum Gasteiger partial charge on any atom is 0.164 e. The lowest BCUT2D eigenvalue weighted by Crippen LogP contribution is -2.01. The highest BCUT2D eigenvalue weighted by Gasteiger charge is 2.20. The molecule has 8 aromatic carbocycles.